The van der Waals surface area contributed by atoms with Crippen LogP contribution in [0.15, 0.2) is 208 Å². The van der Waals surface area contributed by atoms with E-state index in [9.17, 15) is 47.0 Å². The number of halogens is 5. The predicted octanol–water partition coefficient (Wildman–Crippen LogP) is 17.9. The normalized spacial score (nSPS) is 12.8. The summed E-state index contributed by atoms with van der Waals surface area (Å²) in [6, 6.07) is 50.1. The number of carboxylic acid groups (broad SMARTS) is 1. The minimum atomic E-state index is -1.08. The standard InChI is InChI=1S/C24H21FN2O4S.C15H10FNO2S.C14H16BFO2S.C14H8FNO2S.C10H15NO3.C7H6BrNO2/c1-30-21-10-9-14(11-22(21)31-2)20(28)12-26-24(29)19-8-4-7-18(27-19)16-13-32-23-15(16)5-3-6-17(23)25;1-19-15(18)13-7-3-6-12(17-13)10-8-20-14-9(10)4-2-5-11(14)16;1-13(2)14(3,4)18-15(17-13)10-8-19-12-9(10)6-5-7-11(12)16;15-10-4-1-3-8-9(7-19-13(8)10)11-5-2-6-12(16-11)14(17)18;1-13-9-4-3-7(8(12)6-11)5-10(9)14-2;1-11-7(10)5-3-2-4-6(8)9-5/h3-11,13,20,28H,12H2,1-2H3,(H,26,29);2-8H,1H3;5-8H,1-4H3;1-7H,(H,17,18);3-5,8,12H,6,11H2,1-2H3;2-4H,1H3. The van der Waals surface area contributed by atoms with E-state index in [1.54, 1.807) is 153 Å². The number of amides is 1. The van der Waals surface area contributed by atoms with Crippen LogP contribution in [0.25, 0.3) is 74.1 Å². The molecule has 1 fully saturated rings. The maximum Gasteiger partial charge on any atom is 0.496 e. The van der Waals surface area contributed by atoms with E-state index in [1.807, 2.05) is 62.0 Å². The number of nitrogens with two attached hydrogens (primary N) is 1. The molecule has 0 bridgehead atoms. The van der Waals surface area contributed by atoms with Gasteiger partial charge in [0.25, 0.3) is 5.91 Å². The zero-order valence-corrected chi connectivity index (χ0v) is 68.3. The second-order valence-electron chi connectivity index (χ2n) is 25.8. The highest BCUT2D eigenvalue weighted by molar-refractivity contribution is 9.10. The van der Waals surface area contributed by atoms with Gasteiger partial charge >= 0.3 is 25.0 Å². The molecule has 0 spiro atoms. The van der Waals surface area contributed by atoms with Gasteiger partial charge in [0.2, 0.25) is 0 Å². The number of aromatic carboxylic acids is 1. The number of benzene rings is 6. The van der Waals surface area contributed by atoms with E-state index in [0.717, 1.165) is 49.3 Å². The molecule has 1 saturated heterocycles. The lowest BCUT2D eigenvalue weighted by atomic mass is 9.79. The number of carbonyl (C=O) groups excluding carboxylic acids is 3. The van der Waals surface area contributed by atoms with Gasteiger partial charge < -0.3 is 64.1 Å². The van der Waals surface area contributed by atoms with Crippen molar-refractivity contribution in [1.29, 1.82) is 0 Å². The third kappa shape index (κ3) is 20.7. The molecule has 1 aliphatic rings. The van der Waals surface area contributed by atoms with Crippen molar-refractivity contribution in [2.75, 3.05) is 55.7 Å². The molecule has 0 saturated carbocycles. The van der Waals surface area contributed by atoms with E-state index in [0.29, 0.717) is 74.7 Å². The molecule has 8 aromatic heterocycles. The summed E-state index contributed by atoms with van der Waals surface area (Å²) in [5.74, 6) is -1.13. The molecule has 9 heterocycles. The monoisotopic (exact) mass is 1700 g/mol. The number of hydrogen-bond acceptors (Lipinski definition) is 23. The number of aliphatic hydroxyl groups is 2. The van der Waals surface area contributed by atoms with Gasteiger partial charge in [-0.05, 0) is 163 Å². The molecule has 15 rings (SSSR count). The fourth-order valence-electron chi connectivity index (χ4n) is 11.4. The molecule has 6 aromatic carbocycles. The van der Waals surface area contributed by atoms with E-state index >= 15 is 0 Å². The van der Waals surface area contributed by atoms with Gasteiger partial charge in [-0.1, -0.05) is 84.9 Å². The van der Waals surface area contributed by atoms with Crippen molar-refractivity contribution in [2.45, 2.75) is 51.1 Å². The van der Waals surface area contributed by atoms with Crippen LogP contribution in [0.1, 0.15) is 93.0 Å². The number of thiophene rings is 4. The van der Waals surface area contributed by atoms with E-state index in [-0.39, 0.29) is 64.6 Å². The highest BCUT2D eigenvalue weighted by Gasteiger charge is 2.52. The molecule has 2 atom stereocenters. The van der Waals surface area contributed by atoms with E-state index in [1.165, 1.54) is 104 Å². The molecule has 2 unspecified atom stereocenters. The molecular weight excluding hydrogens is 1630 g/mol. The highest BCUT2D eigenvalue weighted by atomic mass is 79.9. The lowest BCUT2D eigenvalue weighted by Crippen LogP contribution is -2.41. The Morgan fingerprint density at radius 2 is 0.826 bits per heavy atom. The number of carboxylic acids is 1. The minimum Gasteiger partial charge on any atom is -0.493 e. The average Bonchev–Trinajstić information content (AvgIpc) is 1.61. The summed E-state index contributed by atoms with van der Waals surface area (Å²) in [6.07, 6.45) is -1.60. The van der Waals surface area contributed by atoms with Crippen LogP contribution in [0.5, 0.6) is 23.0 Å². The smallest absolute Gasteiger partial charge is 0.493 e. The maximum atomic E-state index is 14.0. The first-order valence-electron chi connectivity index (χ1n) is 34.9. The van der Waals surface area contributed by atoms with Crippen LogP contribution in [0.2, 0.25) is 0 Å². The third-order valence-corrected chi connectivity index (χ3v) is 22.5. The number of hydrogen-bond donors (Lipinski definition) is 5. The first kappa shape index (κ1) is 86.3. The number of nitrogens with zero attached hydrogens (tertiary/aromatic N) is 4. The first-order chi connectivity index (χ1) is 55.2. The van der Waals surface area contributed by atoms with Crippen molar-refractivity contribution in [3.63, 3.8) is 0 Å². The fourth-order valence-corrected chi connectivity index (χ4v) is 15.6. The van der Waals surface area contributed by atoms with E-state index in [4.69, 9.17) is 39.1 Å². The molecule has 1 amide bonds. The summed E-state index contributed by atoms with van der Waals surface area (Å²) >= 11 is 8.44. The zero-order valence-electron chi connectivity index (χ0n) is 63.4. The molecule has 594 valence electrons. The Balaban J connectivity index is 0.000000151. The Labute approximate surface area is 683 Å². The van der Waals surface area contributed by atoms with Crippen LogP contribution in [0.3, 0.4) is 0 Å². The number of carbonyl (C=O) groups is 4. The summed E-state index contributed by atoms with van der Waals surface area (Å²) in [4.78, 5) is 62.6. The van der Waals surface area contributed by atoms with Crippen molar-refractivity contribution < 1.29 is 89.8 Å². The summed E-state index contributed by atoms with van der Waals surface area (Å²) in [6.45, 7) is 8.25. The van der Waals surface area contributed by atoms with Gasteiger partial charge in [0, 0.05) is 67.5 Å². The molecule has 1 aliphatic heterocycles. The molecule has 0 aliphatic carbocycles. The van der Waals surface area contributed by atoms with Gasteiger partial charge in [0.05, 0.1) is 102 Å². The quantitative estimate of drug-likeness (QED) is 0.0245. The summed E-state index contributed by atoms with van der Waals surface area (Å²) < 4.78 is 99.8. The van der Waals surface area contributed by atoms with Crippen LogP contribution in [-0.4, -0.2) is 133 Å². The van der Waals surface area contributed by atoms with Crippen LogP contribution in [-0.2, 0) is 18.8 Å². The Morgan fingerprint density at radius 3 is 1.23 bits per heavy atom. The topological polar surface area (TPSA) is 292 Å². The van der Waals surface area contributed by atoms with Crippen LogP contribution < -0.4 is 35.5 Å². The number of ether oxygens (including phenoxy) is 6. The van der Waals surface area contributed by atoms with Crippen molar-refractivity contribution in [2.24, 2.45) is 5.73 Å². The molecular formula is C84H76BBrF4N6O15S4. The number of esters is 2. The van der Waals surface area contributed by atoms with Crippen LogP contribution in [0.4, 0.5) is 17.6 Å². The van der Waals surface area contributed by atoms with Gasteiger partial charge in [-0.25, -0.2) is 51.9 Å². The van der Waals surface area contributed by atoms with Crippen molar-refractivity contribution >= 4 is 138 Å². The number of nitrogens with one attached hydrogen (secondary N) is 1. The first-order valence-corrected chi connectivity index (χ1v) is 39.2. The summed E-state index contributed by atoms with van der Waals surface area (Å²) in [5, 5.41) is 42.2. The number of rotatable bonds is 17. The minimum absolute atomic E-state index is 0.00713. The lowest BCUT2D eigenvalue weighted by Gasteiger charge is -2.32. The van der Waals surface area contributed by atoms with Gasteiger partial charge in [-0.2, -0.15) is 0 Å². The molecule has 31 heteroatoms. The number of aliphatic hydroxyl groups excluding tert-OH is 2. The second kappa shape index (κ2) is 39.3. The average molecular weight is 1700 g/mol. The van der Waals surface area contributed by atoms with Gasteiger partial charge in [-0.15, -0.1) is 45.3 Å². The number of pyridine rings is 4. The second-order valence-corrected chi connectivity index (χ2v) is 30.1. The van der Waals surface area contributed by atoms with E-state index < -0.39 is 43.1 Å². The number of methoxy groups -OCH3 is 6. The van der Waals surface area contributed by atoms with Crippen LogP contribution >= 0.6 is 61.3 Å². The van der Waals surface area contributed by atoms with Crippen molar-refractivity contribution in [1.82, 2.24) is 25.3 Å². The predicted molar refractivity (Wildman–Crippen MR) is 445 cm³/mol. The van der Waals surface area contributed by atoms with Gasteiger partial charge in [0.1, 0.15) is 50.6 Å². The molecule has 6 N–H and O–H groups in total. The van der Waals surface area contributed by atoms with Crippen molar-refractivity contribution in [3.8, 4) is 56.8 Å². The Hall–Kier alpha value is -11.1. The number of aromatic nitrogens is 4. The Morgan fingerprint density at radius 1 is 0.470 bits per heavy atom. The lowest BCUT2D eigenvalue weighted by molar-refractivity contribution is 0.00578. The van der Waals surface area contributed by atoms with Crippen molar-refractivity contribution in [3.05, 3.63) is 265 Å². The maximum absolute atomic E-state index is 14.0. The zero-order chi connectivity index (χ0) is 82.8. The molecule has 14 aromatic rings. The highest BCUT2D eigenvalue weighted by Crippen LogP contribution is 2.41. The van der Waals surface area contributed by atoms with Gasteiger partial charge in [0.15, 0.2) is 23.0 Å². The van der Waals surface area contributed by atoms with E-state index in [2.05, 4.69) is 50.7 Å². The summed E-state index contributed by atoms with van der Waals surface area (Å²) in [5.41, 5.74) is 11.6. The molecule has 0 radical (unpaired) electrons. The molecule has 115 heavy (non-hydrogen) atoms. The van der Waals surface area contributed by atoms with Crippen LogP contribution in [0, 0.1) is 23.3 Å². The summed E-state index contributed by atoms with van der Waals surface area (Å²) in [7, 11) is 8.37. The van der Waals surface area contributed by atoms with Gasteiger partial charge in [-0.3, -0.25) is 4.79 Å². The fraction of sp³-hybridized carbons (Fsp3) is 0.190. The third-order valence-electron chi connectivity index (χ3n) is 18.0. The number of fused-ring (bicyclic) bond motifs is 4. The largest absolute Gasteiger partial charge is 0.496 e. The SMILES string of the molecule is CC1(C)OB(c2csc3c(F)cccc23)OC1(C)C.COC(=O)c1cccc(-c2csc3c(F)cccc23)n1.COC(=O)c1cccc(Br)n1.COc1ccc(C(O)CN)cc1OC.COc1ccc(C(O)CNC(=O)c2cccc(-c3csc4c(F)cccc34)n2)cc1OC.O=C(O)c1cccc(-c2csc3c(F)cccc23)n1. The Kier molecular flexibility index (Phi) is 29.5. The Bertz CT molecular complexity index is 5780. The molecule has 21 nitrogen and oxygen atoms in total.